The number of rotatable bonds is 7. The number of nitrogen functional groups attached to an aromatic ring is 1. The predicted octanol–water partition coefficient (Wildman–Crippen LogP) is 4.12. The third-order valence-electron chi connectivity index (χ3n) is 3.93. The first kappa shape index (κ1) is 20.9. The van der Waals surface area contributed by atoms with Gasteiger partial charge in [0.2, 0.25) is 0 Å². The Morgan fingerprint density at radius 3 is 2.43 bits per heavy atom. The van der Waals surface area contributed by atoms with Crippen LogP contribution < -0.4 is 11.1 Å². The maximum atomic E-state index is 12.3. The number of nitrogens with two attached hydrogens (primary N) is 1. The Balaban J connectivity index is 1.61. The van der Waals surface area contributed by atoms with Gasteiger partial charge in [-0.3, -0.25) is 14.9 Å². The second-order valence-corrected chi connectivity index (χ2v) is 7.18. The molecule has 3 rings (SSSR count). The van der Waals surface area contributed by atoms with Crippen LogP contribution in [0.4, 0.5) is 17.1 Å². The summed E-state index contributed by atoms with van der Waals surface area (Å²) in [6, 6.07) is 20.4. The number of carbonyl (C=O) groups is 2. The molecule has 30 heavy (non-hydrogen) atoms. The summed E-state index contributed by atoms with van der Waals surface area (Å²) in [6.45, 7) is -0.528. The topological polar surface area (TPSA) is 125 Å². The van der Waals surface area contributed by atoms with E-state index in [1.54, 1.807) is 12.1 Å². The zero-order valence-electron chi connectivity index (χ0n) is 15.6. The van der Waals surface area contributed by atoms with Crippen LogP contribution in [0.3, 0.4) is 0 Å². The molecule has 0 aliphatic rings. The summed E-state index contributed by atoms with van der Waals surface area (Å²) in [6.07, 6.45) is 0. The van der Waals surface area contributed by atoms with Crippen LogP contribution >= 0.6 is 11.8 Å². The van der Waals surface area contributed by atoms with Gasteiger partial charge in [0.05, 0.1) is 21.9 Å². The lowest BCUT2D eigenvalue weighted by molar-refractivity contribution is -0.384. The highest BCUT2D eigenvalue weighted by atomic mass is 32.2. The number of nitrogens with zero attached hydrogens (tertiary/aromatic N) is 1. The summed E-state index contributed by atoms with van der Waals surface area (Å²) < 4.78 is 4.99. The van der Waals surface area contributed by atoms with Crippen molar-refractivity contribution in [3.8, 4) is 0 Å². The highest BCUT2D eigenvalue weighted by Gasteiger charge is 2.17. The minimum Gasteiger partial charge on any atom is -0.452 e. The number of ether oxygens (including phenoxy) is 1. The van der Waals surface area contributed by atoms with Crippen molar-refractivity contribution in [2.75, 3.05) is 17.7 Å². The Labute approximate surface area is 176 Å². The van der Waals surface area contributed by atoms with E-state index in [9.17, 15) is 19.7 Å². The molecule has 1 amide bonds. The van der Waals surface area contributed by atoms with Crippen LogP contribution in [0.15, 0.2) is 82.6 Å². The lowest BCUT2D eigenvalue weighted by atomic mass is 10.1. The van der Waals surface area contributed by atoms with Gasteiger partial charge in [-0.15, -0.1) is 0 Å². The zero-order chi connectivity index (χ0) is 21.5. The number of amides is 1. The van der Waals surface area contributed by atoms with Crippen LogP contribution in [0.5, 0.6) is 0 Å². The molecular formula is C21H17N3O5S. The fourth-order valence-corrected chi connectivity index (χ4v) is 3.44. The van der Waals surface area contributed by atoms with Crippen LogP contribution in [-0.2, 0) is 9.53 Å². The van der Waals surface area contributed by atoms with Gasteiger partial charge in [-0.05, 0) is 30.3 Å². The van der Waals surface area contributed by atoms with E-state index in [2.05, 4.69) is 5.32 Å². The van der Waals surface area contributed by atoms with Gasteiger partial charge in [0.25, 0.3) is 11.6 Å². The van der Waals surface area contributed by atoms with Gasteiger partial charge < -0.3 is 15.8 Å². The lowest BCUT2D eigenvalue weighted by Gasteiger charge is -2.11. The highest BCUT2D eigenvalue weighted by molar-refractivity contribution is 7.99. The number of carbonyl (C=O) groups excluding carboxylic acids is 2. The molecule has 9 heteroatoms. The van der Waals surface area contributed by atoms with E-state index < -0.39 is 23.4 Å². The molecule has 0 aromatic heterocycles. The standard InChI is InChI=1S/C21H17N3O5S/c22-17-12-14(24(27)28)10-11-16(17)21(26)29-13-20(25)23-18-8-4-5-9-19(18)30-15-6-2-1-3-7-15/h1-12H,13,22H2,(H,23,25). The van der Waals surface area contributed by atoms with E-state index in [1.807, 2.05) is 42.5 Å². The Kier molecular flexibility index (Phi) is 6.66. The minimum atomic E-state index is -0.843. The van der Waals surface area contributed by atoms with Gasteiger partial charge in [-0.25, -0.2) is 4.79 Å². The Morgan fingerprint density at radius 1 is 1.03 bits per heavy atom. The summed E-state index contributed by atoms with van der Waals surface area (Å²) in [4.78, 5) is 36.4. The first-order valence-electron chi connectivity index (χ1n) is 8.77. The largest absolute Gasteiger partial charge is 0.452 e. The van der Waals surface area contributed by atoms with E-state index in [4.69, 9.17) is 10.5 Å². The fourth-order valence-electron chi connectivity index (χ4n) is 2.52. The van der Waals surface area contributed by atoms with Crippen molar-refractivity contribution < 1.29 is 19.2 Å². The number of esters is 1. The van der Waals surface area contributed by atoms with Crippen LogP contribution in [0.25, 0.3) is 0 Å². The van der Waals surface area contributed by atoms with Gasteiger partial charge >= 0.3 is 5.97 Å². The number of nitro benzene ring substituents is 1. The minimum absolute atomic E-state index is 0.0477. The first-order chi connectivity index (χ1) is 14.4. The van der Waals surface area contributed by atoms with Crippen molar-refractivity contribution in [2.45, 2.75) is 9.79 Å². The molecule has 0 aliphatic carbocycles. The van der Waals surface area contributed by atoms with E-state index in [0.29, 0.717) is 5.69 Å². The van der Waals surface area contributed by atoms with E-state index >= 15 is 0 Å². The molecule has 0 saturated heterocycles. The lowest BCUT2D eigenvalue weighted by Crippen LogP contribution is -2.21. The predicted molar refractivity (Wildman–Crippen MR) is 113 cm³/mol. The number of para-hydroxylation sites is 1. The molecule has 0 heterocycles. The zero-order valence-corrected chi connectivity index (χ0v) is 16.4. The van der Waals surface area contributed by atoms with Crippen LogP contribution in [0.1, 0.15) is 10.4 Å². The number of benzene rings is 3. The van der Waals surface area contributed by atoms with Crippen LogP contribution in [-0.4, -0.2) is 23.4 Å². The number of anilines is 2. The normalized spacial score (nSPS) is 10.3. The molecule has 0 spiro atoms. The van der Waals surface area contributed by atoms with Crippen molar-refractivity contribution in [1.29, 1.82) is 0 Å². The Morgan fingerprint density at radius 2 is 1.73 bits per heavy atom. The summed E-state index contributed by atoms with van der Waals surface area (Å²) in [7, 11) is 0. The Hall–Kier alpha value is -3.85. The molecule has 8 nitrogen and oxygen atoms in total. The van der Waals surface area contributed by atoms with E-state index in [1.165, 1.54) is 17.8 Å². The molecule has 0 radical (unpaired) electrons. The van der Waals surface area contributed by atoms with Crippen LogP contribution in [0.2, 0.25) is 0 Å². The van der Waals surface area contributed by atoms with Crippen molar-refractivity contribution in [2.24, 2.45) is 0 Å². The summed E-state index contributed by atoms with van der Waals surface area (Å²) in [5, 5.41) is 13.5. The molecule has 0 atom stereocenters. The Bertz CT molecular complexity index is 1090. The quantitative estimate of drug-likeness (QED) is 0.253. The second-order valence-electron chi connectivity index (χ2n) is 6.06. The maximum absolute atomic E-state index is 12.3. The van der Waals surface area contributed by atoms with Gasteiger partial charge in [0, 0.05) is 21.9 Å². The first-order valence-corrected chi connectivity index (χ1v) is 9.58. The molecule has 0 aliphatic heterocycles. The third-order valence-corrected chi connectivity index (χ3v) is 5.02. The highest BCUT2D eigenvalue weighted by Crippen LogP contribution is 2.33. The van der Waals surface area contributed by atoms with Gasteiger partial charge in [0.1, 0.15) is 0 Å². The number of nitro groups is 1. The second kappa shape index (κ2) is 9.57. The molecule has 0 bridgehead atoms. The van der Waals surface area contributed by atoms with Crippen molar-refractivity contribution in [3.05, 3.63) is 88.5 Å². The van der Waals surface area contributed by atoms with Gasteiger partial charge in [0.15, 0.2) is 6.61 Å². The molecule has 0 saturated carbocycles. The molecule has 3 aromatic carbocycles. The number of non-ortho nitro benzene ring substituents is 1. The van der Waals surface area contributed by atoms with E-state index in [-0.39, 0.29) is 16.9 Å². The summed E-state index contributed by atoms with van der Waals surface area (Å²) in [5.41, 5.74) is 5.87. The number of hydrogen-bond acceptors (Lipinski definition) is 7. The fraction of sp³-hybridized carbons (Fsp3) is 0.0476. The monoisotopic (exact) mass is 423 g/mol. The summed E-state index contributed by atoms with van der Waals surface area (Å²) >= 11 is 1.49. The van der Waals surface area contributed by atoms with Crippen molar-refractivity contribution in [3.63, 3.8) is 0 Å². The SMILES string of the molecule is Nc1cc([N+](=O)[O-])ccc1C(=O)OCC(=O)Nc1ccccc1Sc1ccccc1. The van der Waals surface area contributed by atoms with Crippen molar-refractivity contribution in [1.82, 2.24) is 0 Å². The molecule has 0 unspecified atom stereocenters. The molecular weight excluding hydrogens is 406 g/mol. The van der Waals surface area contributed by atoms with Gasteiger partial charge in [-0.2, -0.15) is 0 Å². The average Bonchev–Trinajstić information content (AvgIpc) is 2.74. The van der Waals surface area contributed by atoms with Crippen molar-refractivity contribution >= 4 is 40.7 Å². The maximum Gasteiger partial charge on any atom is 0.340 e. The van der Waals surface area contributed by atoms with Crippen LogP contribution in [0, 0.1) is 10.1 Å². The molecule has 0 fully saturated rings. The van der Waals surface area contributed by atoms with Gasteiger partial charge in [-0.1, -0.05) is 42.1 Å². The molecule has 3 aromatic rings. The third kappa shape index (κ3) is 5.36. The smallest absolute Gasteiger partial charge is 0.340 e. The molecule has 152 valence electrons. The number of nitrogens with one attached hydrogen (secondary N) is 1. The number of hydrogen-bond donors (Lipinski definition) is 2. The molecule has 3 N–H and O–H groups in total. The summed E-state index contributed by atoms with van der Waals surface area (Å²) in [5.74, 6) is -1.37. The average molecular weight is 423 g/mol. The van der Waals surface area contributed by atoms with E-state index in [0.717, 1.165) is 21.9 Å².